The highest BCUT2D eigenvalue weighted by Gasteiger charge is 2.43. The number of aliphatic hydroxyl groups excluding tert-OH is 2. The van der Waals surface area contributed by atoms with E-state index in [1.807, 2.05) is 41.5 Å². The summed E-state index contributed by atoms with van der Waals surface area (Å²) < 4.78 is 23.5. The number of rotatable bonds is 13. The van der Waals surface area contributed by atoms with E-state index in [9.17, 15) is 5.11 Å². The highest BCUT2D eigenvalue weighted by Crippen LogP contribution is 2.23. The summed E-state index contributed by atoms with van der Waals surface area (Å²) in [6.07, 6.45) is -0.0204. The molecule has 0 aliphatic heterocycles. The molecule has 0 saturated heterocycles. The Labute approximate surface area is 141 Å². The predicted octanol–water partition coefficient (Wildman–Crippen LogP) is 1.14. The molecular weight excluding hydrogens is 320 g/mol. The Morgan fingerprint density at radius 1 is 0.870 bits per heavy atom. The van der Waals surface area contributed by atoms with Gasteiger partial charge in [-0.2, -0.15) is 0 Å². The molecule has 0 spiro atoms. The summed E-state index contributed by atoms with van der Waals surface area (Å²) in [5.74, 6) is 0. The van der Waals surface area contributed by atoms with Gasteiger partial charge in [0, 0.05) is 31.0 Å². The monoisotopic (exact) mass is 356 g/mol. The third-order valence-corrected chi connectivity index (χ3v) is 6.00. The average Bonchev–Trinajstić information content (AvgIpc) is 2.35. The van der Waals surface area contributed by atoms with Crippen molar-refractivity contribution < 1.29 is 33.7 Å². The quantitative estimate of drug-likeness (QED) is 0.378. The lowest BCUT2D eigenvalue weighted by atomic mass is 10.4. The van der Waals surface area contributed by atoms with Crippen LogP contribution in [0.1, 0.15) is 48.0 Å². The molecule has 142 valence electrons. The van der Waals surface area contributed by atoms with Crippen LogP contribution in [0.5, 0.6) is 0 Å². The number of hydrogen-bond donors (Lipinski definition) is 2. The third kappa shape index (κ3) is 13.0. The van der Waals surface area contributed by atoms with Crippen LogP contribution in [0, 0.1) is 0 Å². The highest BCUT2D eigenvalue weighted by atomic mass is 28.4. The second kappa shape index (κ2) is 13.3. The minimum Gasteiger partial charge on any atom is -0.412 e. The Morgan fingerprint density at radius 3 is 1.65 bits per heavy atom. The summed E-state index contributed by atoms with van der Waals surface area (Å²) in [6, 6.07) is 0.663. The Bertz CT molecular complexity index is 248. The van der Waals surface area contributed by atoms with Crippen LogP contribution < -0.4 is 0 Å². The maximum absolute atomic E-state index is 9.23. The van der Waals surface area contributed by atoms with Gasteiger partial charge in [0.2, 0.25) is 0 Å². The maximum atomic E-state index is 9.23. The molecule has 0 heterocycles. The van der Waals surface area contributed by atoms with Crippen LogP contribution in [-0.2, 0) is 18.0 Å². The molecular formula is C15H36O7Si. The normalized spacial score (nSPS) is 13.7. The Kier molecular flexibility index (Phi) is 14.5. The standard InChI is InChI=1S/C15H34O6Si.H2O/c1-12(2)19-22(20-13(3)4,21-14(5)6)9-7-8-18-11-15(17)10-16;/h12-17H,7-11H2,1-6H3;1H2. The van der Waals surface area contributed by atoms with Gasteiger partial charge in [-0.3, -0.25) is 0 Å². The van der Waals surface area contributed by atoms with Crippen molar-refractivity contribution in [2.24, 2.45) is 0 Å². The molecule has 7 nitrogen and oxygen atoms in total. The van der Waals surface area contributed by atoms with Crippen molar-refractivity contribution in [3.8, 4) is 0 Å². The van der Waals surface area contributed by atoms with Gasteiger partial charge in [-0.25, -0.2) is 0 Å². The summed E-state index contributed by atoms with van der Waals surface area (Å²) in [7, 11) is -2.76. The molecule has 0 radical (unpaired) electrons. The fourth-order valence-electron chi connectivity index (χ4n) is 2.00. The molecule has 23 heavy (non-hydrogen) atoms. The molecule has 8 heteroatoms. The van der Waals surface area contributed by atoms with Gasteiger partial charge in [-0.1, -0.05) is 0 Å². The smallest absolute Gasteiger partial charge is 0.412 e. The molecule has 0 fully saturated rings. The van der Waals surface area contributed by atoms with Crippen molar-refractivity contribution in [3.63, 3.8) is 0 Å². The Morgan fingerprint density at radius 2 is 1.30 bits per heavy atom. The van der Waals surface area contributed by atoms with Crippen LogP contribution in [0.2, 0.25) is 6.04 Å². The average molecular weight is 357 g/mol. The van der Waals surface area contributed by atoms with Gasteiger partial charge in [-0.05, 0) is 48.0 Å². The van der Waals surface area contributed by atoms with Crippen molar-refractivity contribution in [2.75, 3.05) is 19.8 Å². The summed E-state index contributed by atoms with van der Waals surface area (Å²) in [6.45, 7) is 12.2. The second-order valence-electron chi connectivity index (χ2n) is 6.20. The second-order valence-corrected chi connectivity index (χ2v) is 8.77. The van der Waals surface area contributed by atoms with Crippen LogP contribution in [0.4, 0.5) is 0 Å². The van der Waals surface area contributed by atoms with Gasteiger partial charge < -0.3 is 33.7 Å². The highest BCUT2D eigenvalue weighted by molar-refractivity contribution is 6.60. The third-order valence-electron chi connectivity index (χ3n) is 2.54. The van der Waals surface area contributed by atoms with E-state index in [-0.39, 0.29) is 37.0 Å². The lowest BCUT2D eigenvalue weighted by Crippen LogP contribution is -2.50. The first kappa shape index (κ1) is 25.2. The number of ether oxygens (including phenoxy) is 1. The first-order valence-corrected chi connectivity index (χ1v) is 10.0. The van der Waals surface area contributed by atoms with Crippen molar-refractivity contribution in [1.82, 2.24) is 0 Å². The molecule has 1 atom stereocenters. The van der Waals surface area contributed by atoms with Crippen LogP contribution in [0.25, 0.3) is 0 Å². The number of aliphatic hydroxyl groups is 2. The molecule has 0 aliphatic rings. The van der Waals surface area contributed by atoms with E-state index >= 15 is 0 Å². The van der Waals surface area contributed by atoms with Gasteiger partial charge in [0.25, 0.3) is 0 Å². The first-order valence-electron chi connectivity index (χ1n) is 8.11. The zero-order chi connectivity index (χ0) is 17.2. The Hall–Kier alpha value is -0.0631. The fraction of sp³-hybridized carbons (Fsp3) is 1.00. The lowest BCUT2D eigenvalue weighted by Gasteiger charge is -2.34. The SMILES string of the molecule is CC(C)O[Si](CCCOCC(O)CO)(OC(C)C)OC(C)C.O. The molecule has 0 aromatic carbocycles. The van der Waals surface area contributed by atoms with Gasteiger partial charge in [0.1, 0.15) is 6.10 Å². The topological polar surface area (TPSA) is 109 Å². The van der Waals surface area contributed by atoms with E-state index in [1.165, 1.54) is 0 Å². The van der Waals surface area contributed by atoms with E-state index in [2.05, 4.69) is 0 Å². The van der Waals surface area contributed by atoms with Gasteiger partial charge in [0.15, 0.2) is 0 Å². The molecule has 0 saturated carbocycles. The predicted molar refractivity (Wildman–Crippen MR) is 91.4 cm³/mol. The number of hydrogen-bond acceptors (Lipinski definition) is 6. The molecule has 0 aromatic heterocycles. The largest absolute Gasteiger partial charge is 0.501 e. The van der Waals surface area contributed by atoms with Crippen molar-refractivity contribution in [1.29, 1.82) is 0 Å². The van der Waals surface area contributed by atoms with E-state index < -0.39 is 14.9 Å². The van der Waals surface area contributed by atoms with Gasteiger partial charge in [-0.15, -0.1) is 0 Å². The van der Waals surface area contributed by atoms with E-state index in [4.69, 9.17) is 23.1 Å². The molecule has 4 N–H and O–H groups in total. The van der Waals surface area contributed by atoms with Crippen molar-refractivity contribution in [2.45, 2.75) is 78.4 Å². The maximum Gasteiger partial charge on any atom is 0.501 e. The van der Waals surface area contributed by atoms with Crippen LogP contribution in [0.15, 0.2) is 0 Å². The molecule has 0 aromatic rings. The zero-order valence-electron chi connectivity index (χ0n) is 15.4. The molecule has 0 amide bonds. The minimum atomic E-state index is -2.76. The van der Waals surface area contributed by atoms with Gasteiger partial charge in [0.05, 0.1) is 13.2 Å². The van der Waals surface area contributed by atoms with E-state index in [0.29, 0.717) is 12.7 Å². The lowest BCUT2D eigenvalue weighted by molar-refractivity contribution is -0.00609. The summed E-state index contributed by atoms with van der Waals surface area (Å²) >= 11 is 0. The summed E-state index contributed by atoms with van der Waals surface area (Å²) in [4.78, 5) is 0. The summed E-state index contributed by atoms with van der Waals surface area (Å²) in [5.41, 5.74) is 0. The molecule has 1 unspecified atom stereocenters. The van der Waals surface area contributed by atoms with Gasteiger partial charge >= 0.3 is 8.80 Å². The van der Waals surface area contributed by atoms with Crippen LogP contribution in [-0.4, -0.2) is 68.7 Å². The molecule has 0 bridgehead atoms. The molecule has 0 rings (SSSR count). The van der Waals surface area contributed by atoms with E-state index in [0.717, 1.165) is 6.42 Å². The van der Waals surface area contributed by atoms with Crippen LogP contribution in [0.3, 0.4) is 0 Å². The Balaban J connectivity index is 0. The first-order chi connectivity index (χ1) is 10.2. The zero-order valence-corrected chi connectivity index (χ0v) is 16.4. The fourth-order valence-corrected chi connectivity index (χ4v) is 5.25. The van der Waals surface area contributed by atoms with Crippen molar-refractivity contribution in [3.05, 3.63) is 0 Å². The minimum absolute atomic E-state index is 0. The molecule has 0 aliphatic carbocycles. The van der Waals surface area contributed by atoms with Crippen molar-refractivity contribution >= 4 is 8.80 Å². The van der Waals surface area contributed by atoms with Crippen LogP contribution >= 0.6 is 0 Å². The van der Waals surface area contributed by atoms with E-state index in [1.54, 1.807) is 0 Å². The summed E-state index contributed by atoms with van der Waals surface area (Å²) in [5, 5.41) is 18.0.